The van der Waals surface area contributed by atoms with Crippen molar-refractivity contribution in [1.82, 2.24) is 0 Å². The van der Waals surface area contributed by atoms with E-state index < -0.39 is 0 Å². The summed E-state index contributed by atoms with van der Waals surface area (Å²) in [6, 6.07) is 0. The molecule has 0 unspecified atom stereocenters. The first-order valence-electron chi connectivity index (χ1n) is 4.53. The Kier molecular flexibility index (Phi) is 1.72. The van der Waals surface area contributed by atoms with E-state index in [9.17, 15) is 4.79 Å². The van der Waals surface area contributed by atoms with Gasteiger partial charge in [0.25, 0.3) is 0 Å². The summed E-state index contributed by atoms with van der Waals surface area (Å²) in [5.41, 5.74) is 1.93. The number of hydrogen-bond donors (Lipinski definition) is 0. The zero-order valence-corrected chi connectivity index (χ0v) is 8.85. The standard InChI is InChI=1S/C11H13ClO/c1-6(2)7-4-5-11(3)9(12)8(7)10(11)13/h4-5,8-9H,1-3H3/t8-,9-,11+/m1/s1. The van der Waals surface area contributed by atoms with Crippen molar-refractivity contribution in [3.8, 4) is 0 Å². The third-order valence-electron chi connectivity index (χ3n) is 3.20. The molecule has 2 bridgehead atoms. The topological polar surface area (TPSA) is 17.1 Å². The summed E-state index contributed by atoms with van der Waals surface area (Å²) < 4.78 is 0. The normalized spacial score (nSPS) is 41.8. The number of hydrogen-bond acceptors (Lipinski definition) is 1. The Labute approximate surface area is 83.5 Å². The van der Waals surface area contributed by atoms with Gasteiger partial charge in [0.15, 0.2) is 5.78 Å². The van der Waals surface area contributed by atoms with Gasteiger partial charge in [-0.3, -0.25) is 4.79 Å². The van der Waals surface area contributed by atoms with Crippen LogP contribution in [0.2, 0.25) is 0 Å². The number of alkyl halides is 1. The molecule has 0 amide bonds. The van der Waals surface area contributed by atoms with E-state index in [1.807, 2.05) is 26.8 Å². The lowest BCUT2D eigenvalue weighted by molar-refractivity contribution is -0.138. The summed E-state index contributed by atoms with van der Waals surface area (Å²) >= 11 is 6.19. The van der Waals surface area contributed by atoms with Gasteiger partial charge in [0.05, 0.1) is 16.7 Å². The Morgan fingerprint density at radius 3 is 2.54 bits per heavy atom. The van der Waals surface area contributed by atoms with Crippen molar-refractivity contribution < 1.29 is 4.79 Å². The molecule has 0 heterocycles. The van der Waals surface area contributed by atoms with E-state index in [1.54, 1.807) is 0 Å². The maximum absolute atomic E-state index is 11.7. The number of fused-ring (bicyclic) bond motifs is 1. The van der Waals surface area contributed by atoms with Gasteiger partial charge in [0.1, 0.15) is 0 Å². The monoisotopic (exact) mass is 196 g/mol. The minimum Gasteiger partial charge on any atom is -0.298 e. The van der Waals surface area contributed by atoms with Crippen LogP contribution in [0.1, 0.15) is 20.8 Å². The fourth-order valence-electron chi connectivity index (χ4n) is 2.17. The van der Waals surface area contributed by atoms with Gasteiger partial charge in [0, 0.05) is 0 Å². The average Bonchev–Trinajstić information content (AvgIpc) is 2.09. The van der Waals surface area contributed by atoms with E-state index in [4.69, 9.17) is 11.6 Å². The van der Waals surface area contributed by atoms with Crippen LogP contribution in [0.5, 0.6) is 0 Å². The van der Waals surface area contributed by atoms with Crippen LogP contribution in [0.15, 0.2) is 23.3 Å². The van der Waals surface area contributed by atoms with Crippen LogP contribution in [-0.2, 0) is 4.79 Å². The molecule has 0 aromatic heterocycles. The van der Waals surface area contributed by atoms with Gasteiger partial charge in [-0.05, 0) is 26.3 Å². The fraction of sp³-hybridized carbons (Fsp3) is 0.545. The van der Waals surface area contributed by atoms with Crippen LogP contribution >= 0.6 is 11.6 Å². The Morgan fingerprint density at radius 2 is 2.15 bits per heavy atom. The van der Waals surface area contributed by atoms with Crippen LogP contribution in [0.3, 0.4) is 0 Å². The number of halogens is 1. The summed E-state index contributed by atoms with van der Waals surface area (Å²) in [7, 11) is 0. The Bertz CT molecular complexity index is 336. The molecule has 0 N–H and O–H groups in total. The first-order chi connectivity index (χ1) is 5.98. The van der Waals surface area contributed by atoms with E-state index in [-0.39, 0.29) is 22.5 Å². The third kappa shape index (κ3) is 0.912. The molecule has 1 saturated carbocycles. The third-order valence-corrected chi connectivity index (χ3v) is 3.91. The lowest BCUT2D eigenvalue weighted by atomic mass is 9.55. The highest BCUT2D eigenvalue weighted by Crippen LogP contribution is 2.54. The molecular formula is C11H13ClO. The zero-order chi connectivity index (χ0) is 9.80. The fourth-order valence-corrected chi connectivity index (χ4v) is 2.60. The van der Waals surface area contributed by atoms with Crippen molar-refractivity contribution in [3.63, 3.8) is 0 Å². The maximum Gasteiger partial charge on any atom is 0.152 e. The Morgan fingerprint density at radius 1 is 1.54 bits per heavy atom. The quantitative estimate of drug-likeness (QED) is 0.545. The number of ketones is 1. The van der Waals surface area contributed by atoms with Crippen molar-refractivity contribution >= 4 is 17.4 Å². The molecule has 0 aromatic carbocycles. The highest BCUT2D eigenvalue weighted by Gasteiger charge is 2.59. The molecule has 3 rings (SSSR count). The van der Waals surface area contributed by atoms with Crippen molar-refractivity contribution in [2.24, 2.45) is 11.3 Å². The van der Waals surface area contributed by atoms with E-state index >= 15 is 0 Å². The number of Topliss-reactive ketones (excluding diaryl/α,β-unsaturated/α-hetero) is 1. The minimum atomic E-state index is -0.384. The number of carbonyl (C=O) groups is 1. The Hall–Kier alpha value is -0.560. The van der Waals surface area contributed by atoms with Crippen molar-refractivity contribution in [1.29, 1.82) is 0 Å². The van der Waals surface area contributed by atoms with Gasteiger partial charge in [-0.2, -0.15) is 0 Å². The second-order valence-electron chi connectivity index (χ2n) is 4.32. The molecule has 0 spiro atoms. The summed E-state index contributed by atoms with van der Waals surface area (Å²) in [5.74, 6) is 0.243. The molecule has 13 heavy (non-hydrogen) atoms. The minimum absolute atomic E-state index is 0.0325. The van der Waals surface area contributed by atoms with Crippen molar-refractivity contribution in [2.75, 3.05) is 0 Å². The number of carbonyl (C=O) groups excluding carboxylic acids is 1. The summed E-state index contributed by atoms with van der Waals surface area (Å²) in [6.45, 7) is 5.97. The van der Waals surface area contributed by atoms with Crippen LogP contribution in [0.4, 0.5) is 0 Å². The molecule has 1 fully saturated rings. The van der Waals surface area contributed by atoms with Crippen LogP contribution in [0.25, 0.3) is 0 Å². The summed E-state index contributed by atoms with van der Waals surface area (Å²) in [6.07, 6.45) is 4.01. The predicted octanol–water partition coefficient (Wildman–Crippen LogP) is 2.71. The van der Waals surface area contributed by atoms with Crippen LogP contribution in [-0.4, -0.2) is 11.2 Å². The van der Waals surface area contributed by atoms with Crippen molar-refractivity contribution in [2.45, 2.75) is 26.1 Å². The van der Waals surface area contributed by atoms with Gasteiger partial charge in [0.2, 0.25) is 0 Å². The lowest BCUT2D eigenvalue weighted by Gasteiger charge is -2.50. The molecule has 1 nitrogen and oxygen atoms in total. The molecule has 3 aliphatic carbocycles. The molecule has 0 radical (unpaired) electrons. The molecular weight excluding hydrogens is 184 g/mol. The smallest absolute Gasteiger partial charge is 0.152 e. The number of rotatable bonds is 0. The Balaban J connectivity index is 2.51. The van der Waals surface area contributed by atoms with Crippen molar-refractivity contribution in [3.05, 3.63) is 23.3 Å². The van der Waals surface area contributed by atoms with E-state index in [1.165, 1.54) is 5.57 Å². The zero-order valence-electron chi connectivity index (χ0n) is 8.10. The highest BCUT2D eigenvalue weighted by molar-refractivity contribution is 6.29. The van der Waals surface area contributed by atoms with E-state index in [2.05, 4.69) is 6.08 Å². The molecule has 0 aliphatic heterocycles. The van der Waals surface area contributed by atoms with E-state index in [0.717, 1.165) is 5.57 Å². The average molecular weight is 197 g/mol. The summed E-state index contributed by atoms with van der Waals surface area (Å²) in [5, 5.41) is -0.0325. The molecule has 2 heteroatoms. The van der Waals surface area contributed by atoms with Gasteiger partial charge in [-0.25, -0.2) is 0 Å². The first-order valence-corrected chi connectivity index (χ1v) is 4.97. The second-order valence-corrected chi connectivity index (χ2v) is 4.79. The van der Waals surface area contributed by atoms with Gasteiger partial charge in [-0.15, -0.1) is 11.6 Å². The van der Waals surface area contributed by atoms with Crippen LogP contribution in [0, 0.1) is 11.3 Å². The van der Waals surface area contributed by atoms with Crippen LogP contribution < -0.4 is 0 Å². The highest BCUT2D eigenvalue weighted by atomic mass is 35.5. The maximum atomic E-state index is 11.7. The van der Waals surface area contributed by atoms with Gasteiger partial charge >= 0.3 is 0 Å². The molecule has 70 valence electrons. The van der Waals surface area contributed by atoms with E-state index in [0.29, 0.717) is 0 Å². The SMILES string of the molecule is CC(C)=C1C=C[C@]2(C)C(=O)[C@H]1[C@H]2Cl. The summed E-state index contributed by atoms with van der Waals surface area (Å²) in [4.78, 5) is 11.7. The first kappa shape index (κ1) is 9.01. The molecule has 0 saturated heterocycles. The predicted molar refractivity (Wildman–Crippen MR) is 53.8 cm³/mol. The number of allylic oxidation sites excluding steroid dienone is 4. The second kappa shape index (κ2) is 2.48. The molecule has 0 aromatic rings. The van der Waals surface area contributed by atoms with Gasteiger partial charge < -0.3 is 0 Å². The van der Waals surface area contributed by atoms with Gasteiger partial charge in [-0.1, -0.05) is 17.7 Å². The molecule has 3 atom stereocenters. The largest absolute Gasteiger partial charge is 0.298 e. The molecule has 3 aliphatic rings. The lowest BCUT2D eigenvalue weighted by Crippen LogP contribution is -2.59.